The monoisotopic (exact) mass is 1430 g/mol. The molecule has 2 aliphatic heterocycles. The van der Waals surface area contributed by atoms with Gasteiger partial charge < -0.3 is 56.8 Å². The predicted octanol–water partition coefficient (Wildman–Crippen LogP) is 16.9. The van der Waals surface area contributed by atoms with Gasteiger partial charge in [-0.3, -0.25) is 0 Å². The standard InChI is InChI=1S/C88H118O16/c1-23-95-73(89)51-101-79-59-33-55-39-67(83(5,6)7)40-56-34-61-45-71(87(17,18)19)49-65(81(61)103-53-75(91)97-25-3)38-66-50-72(88(20,21)22)46-62(82(66)104-54-76(92)98-26-4)36-58-42-68(84(8,9)10)41-57(78(58)100-32-30-94-28-27-93-29-31-99-77(55)56)35-60-44-70(86(14,15)16)48-64(80(60)102-52-74(90)96-24-2)37-63(79)47-69(43-59)85(11,12)13/h39-50H,23-38,51-54H2,1-22H3. The second-order valence-electron chi connectivity index (χ2n) is 33.6. The van der Waals surface area contributed by atoms with Crippen LogP contribution in [0.1, 0.15) is 252 Å². The van der Waals surface area contributed by atoms with Gasteiger partial charge in [0.15, 0.2) is 26.4 Å². The highest BCUT2D eigenvalue weighted by atomic mass is 16.6. The minimum Gasteiger partial charge on any atom is -0.491 e. The summed E-state index contributed by atoms with van der Waals surface area (Å²) in [6.45, 7) is 47.0. The van der Waals surface area contributed by atoms with Gasteiger partial charge in [0, 0.05) is 38.5 Å². The highest BCUT2D eigenvalue weighted by Gasteiger charge is 2.33. The maximum atomic E-state index is 13.8. The Hall–Kier alpha value is -8.08. The molecule has 0 aromatic heterocycles. The van der Waals surface area contributed by atoms with Crippen LogP contribution >= 0.6 is 0 Å². The van der Waals surface area contributed by atoms with Crippen molar-refractivity contribution < 1.29 is 76.0 Å². The molecule has 0 N–H and O–H groups in total. The van der Waals surface area contributed by atoms with Gasteiger partial charge in [0.05, 0.1) is 52.9 Å². The third-order valence-electron chi connectivity index (χ3n) is 18.8. The van der Waals surface area contributed by atoms with E-state index in [1.54, 1.807) is 27.7 Å². The highest BCUT2D eigenvalue weighted by Crippen LogP contribution is 2.47. The van der Waals surface area contributed by atoms with E-state index in [4.69, 9.17) is 56.8 Å². The molecule has 0 saturated heterocycles. The lowest BCUT2D eigenvalue weighted by atomic mass is 9.79. The number of rotatable bonds is 16. The van der Waals surface area contributed by atoms with Gasteiger partial charge in [-0.1, -0.05) is 197 Å². The van der Waals surface area contributed by atoms with Gasteiger partial charge in [-0.05, 0) is 160 Å². The Kier molecular flexibility index (Phi) is 27.0. The van der Waals surface area contributed by atoms with E-state index in [1.165, 1.54) is 0 Å². The molecular weight excluding hydrogens is 1310 g/mol. The van der Waals surface area contributed by atoms with E-state index >= 15 is 0 Å². The van der Waals surface area contributed by atoms with E-state index in [0.717, 1.165) is 100 Å². The summed E-state index contributed by atoms with van der Waals surface area (Å²) in [5.41, 5.74) is 13.3. The second kappa shape index (κ2) is 34.4. The molecule has 6 aromatic rings. The lowest BCUT2D eigenvalue weighted by Gasteiger charge is -2.29. The number of hydrogen-bond donors (Lipinski definition) is 0. The SMILES string of the molecule is CCOC(=O)COc1c2cc(C(C)(C)C)cc1Cc1cc(C(C)(C)C)cc(c1OCC(=O)OCC)Cc1cc(C(C)(C)C)cc3c1OCCOCCOCCOc1c(cc(C(C)(C)C)cc1Cc1cc(C(C)(C)C)cc(c1OCC(=O)OCC)Cc1cc(C(C)(C)C)cc(c1OCC(=O)OCC)C3)C2. The Balaban J connectivity index is 1.64. The third kappa shape index (κ3) is 21.8. The van der Waals surface area contributed by atoms with Crippen molar-refractivity contribution in [2.45, 2.75) is 223 Å². The number of benzene rings is 6. The summed E-state index contributed by atoms with van der Waals surface area (Å²) >= 11 is 0. The molecule has 104 heavy (non-hydrogen) atoms. The Morgan fingerprint density at radius 1 is 0.269 bits per heavy atom. The molecular formula is C88H118O16. The molecule has 16 nitrogen and oxygen atoms in total. The van der Waals surface area contributed by atoms with Crippen molar-refractivity contribution in [2.75, 3.05) is 92.5 Å². The summed E-state index contributed by atoms with van der Waals surface area (Å²) < 4.78 is 77.6. The van der Waals surface area contributed by atoms with Crippen LogP contribution in [0, 0.1) is 0 Å². The Morgan fingerprint density at radius 3 is 0.606 bits per heavy atom. The molecule has 0 atom stereocenters. The highest BCUT2D eigenvalue weighted by molar-refractivity contribution is 5.74. The average molecular weight is 1430 g/mol. The molecule has 0 spiro atoms. The van der Waals surface area contributed by atoms with Gasteiger partial charge in [-0.25, -0.2) is 19.2 Å². The summed E-state index contributed by atoms with van der Waals surface area (Å²) in [6.07, 6.45) is 1.54. The molecule has 2 aliphatic rings. The summed E-state index contributed by atoms with van der Waals surface area (Å²) in [5, 5.41) is 0. The van der Waals surface area contributed by atoms with Crippen molar-refractivity contribution >= 4 is 23.9 Å². The first-order valence-electron chi connectivity index (χ1n) is 37.3. The van der Waals surface area contributed by atoms with Crippen LogP contribution in [0.2, 0.25) is 0 Å². The minimum absolute atomic E-state index is 0.161. The van der Waals surface area contributed by atoms with Crippen molar-refractivity contribution in [2.24, 2.45) is 0 Å². The fraction of sp³-hybridized carbons (Fsp3) is 0.545. The first-order chi connectivity index (χ1) is 48.8. The van der Waals surface area contributed by atoms with E-state index in [0.29, 0.717) is 34.5 Å². The Morgan fingerprint density at radius 2 is 0.433 bits per heavy atom. The van der Waals surface area contributed by atoms with E-state index in [9.17, 15) is 19.2 Å². The molecule has 0 amide bonds. The van der Waals surface area contributed by atoms with Gasteiger partial charge >= 0.3 is 23.9 Å². The Bertz CT molecular complexity index is 3530. The summed E-state index contributed by atoms with van der Waals surface area (Å²) in [6, 6.07) is 26.3. The normalized spacial score (nSPS) is 14.3. The zero-order valence-corrected chi connectivity index (χ0v) is 66.6. The largest absolute Gasteiger partial charge is 0.491 e. The number of carbonyl (C=O) groups is 4. The molecule has 10 bridgehead atoms. The number of hydrogen-bond acceptors (Lipinski definition) is 16. The van der Waals surface area contributed by atoms with Crippen LogP contribution in [0.3, 0.4) is 0 Å². The van der Waals surface area contributed by atoms with E-state index in [2.05, 4.69) is 197 Å². The fourth-order valence-electron chi connectivity index (χ4n) is 13.1. The topological polar surface area (TPSA) is 179 Å². The molecule has 2 heterocycles. The van der Waals surface area contributed by atoms with E-state index in [-0.39, 0.29) is 131 Å². The minimum atomic E-state index is -0.523. The van der Waals surface area contributed by atoms with Gasteiger partial charge in [-0.15, -0.1) is 0 Å². The molecule has 16 heteroatoms. The summed E-state index contributed by atoms with van der Waals surface area (Å²) in [4.78, 5) is 55.3. The second-order valence-corrected chi connectivity index (χ2v) is 33.6. The summed E-state index contributed by atoms with van der Waals surface area (Å²) in [7, 11) is 0. The van der Waals surface area contributed by atoms with Crippen molar-refractivity contribution in [3.8, 4) is 34.5 Å². The van der Waals surface area contributed by atoms with E-state index in [1.807, 2.05) is 0 Å². The average Bonchev–Trinajstić information content (AvgIpc) is 0.773. The molecule has 0 radical (unpaired) electrons. The van der Waals surface area contributed by atoms with Gasteiger partial charge in [0.1, 0.15) is 47.7 Å². The van der Waals surface area contributed by atoms with E-state index < -0.39 is 56.4 Å². The molecule has 8 rings (SSSR count). The lowest BCUT2D eigenvalue weighted by Crippen LogP contribution is -2.20. The van der Waals surface area contributed by atoms with Crippen molar-refractivity contribution in [1.82, 2.24) is 0 Å². The third-order valence-corrected chi connectivity index (χ3v) is 18.8. The number of fused-ring (bicyclic) bond motifs is 17. The van der Waals surface area contributed by atoms with Crippen molar-refractivity contribution in [1.29, 1.82) is 0 Å². The van der Waals surface area contributed by atoms with Gasteiger partial charge in [0.2, 0.25) is 0 Å². The quantitative estimate of drug-likeness (QED) is 0.0506. The van der Waals surface area contributed by atoms with Crippen LogP contribution in [-0.2, 0) is 119 Å². The van der Waals surface area contributed by atoms with Crippen LogP contribution < -0.4 is 28.4 Å². The van der Waals surface area contributed by atoms with Crippen LogP contribution in [0.4, 0.5) is 0 Å². The first kappa shape index (κ1) is 81.6. The molecule has 566 valence electrons. The zero-order chi connectivity index (χ0) is 76.3. The maximum Gasteiger partial charge on any atom is 0.344 e. The molecule has 0 fully saturated rings. The predicted molar refractivity (Wildman–Crippen MR) is 409 cm³/mol. The van der Waals surface area contributed by atoms with Crippen LogP contribution in [-0.4, -0.2) is 116 Å². The zero-order valence-electron chi connectivity index (χ0n) is 66.6. The molecule has 0 unspecified atom stereocenters. The van der Waals surface area contributed by atoms with Crippen molar-refractivity contribution in [3.63, 3.8) is 0 Å². The smallest absolute Gasteiger partial charge is 0.344 e. The number of esters is 4. The van der Waals surface area contributed by atoms with Gasteiger partial charge in [-0.2, -0.15) is 0 Å². The lowest BCUT2D eigenvalue weighted by molar-refractivity contribution is -0.146. The maximum absolute atomic E-state index is 13.8. The molecule has 6 aromatic carbocycles. The van der Waals surface area contributed by atoms with Crippen LogP contribution in [0.25, 0.3) is 0 Å². The Labute approximate surface area is 620 Å². The summed E-state index contributed by atoms with van der Waals surface area (Å²) in [5.74, 6) is 1.12. The molecule has 0 aliphatic carbocycles. The number of ether oxygens (including phenoxy) is 12. The number of carbonyl (C=O) groups excluding carboxylic acids is 4. The van der Waals surface area contributed by atoms with Crippen molar-refractivity contribution in [3.05, 3.63) is 173 Å². The van der Waals surface area contributed by atoms with Crippen LogP contribution in [0.5, 0.6) is 34.5 Å². The van der Waals surface area contributed by atoms with Crippen LogP contribution in [0.15, 0.2) is 72.8 Å². The van der Waals surface area contributed by atoms with Gasteiger partial charge in [0.25, 0.3) is 0 Å². The fourth-order valence-corrected chi connectivity index (χ4v) is 13.1. The molecule has 0 saturated carbocycles. The first-order valence-corrected chi connectivity index (χ1v) is 37.3.